The first-order valence-electron chi connectivity index (χ1n) is 16.0. The van der Waals surface area contributed by atoms with Crippen molar-refractivity contribution in [1.82, 2.24) is 10.9 Å². The van der Waals surface area contributed by atoms with Gasteiger partial charge in [-0.05, 0) is 77.9 Å². The normalized spacial score (nSPS) is 17.6. The molecule has 4 aromatic carbocycles. The molecule has 1 aliphatic rings. The monoisotopic (exact) mass is 827 g/mol. The molecule has 1 amide bonds. The van der Waals surface area contributed by atoms with E-state index in [4.69, 9.17) is 14.6 Å². The van der Waals surface area contributed by atoms with Crippen molar-refractivity contribution >= 4 is 37.6 Å². The van der Waals surface area contributed by atoms with Crippen LogP contribution in [0.3, 0.4) is 0 Å². The summed E-state index contributed by atoms with van der Waals surface area (Å²) >= 11 is 3.36. The topological polar surface area (TPSA) is 126 Å². The summed E-state index contributed by atoms with van der Waals surface area (Å²) < 4.78 is 121. The molecule has 0 saturated heterocycles. The number of hydrogen-bond acceptors (Lipinski definition) is 8. The summed E-state index contributed by atoms with van der Waals surface area (Å²) in [7, 11) is -4.01. The van der Waals surface area contributed by atoms with Crippen molar-refractivity contribution in [2.75, 3.05) is 19.0 Å². The van der Waals surface area contributed by atoms with Crippen LogP contribution in [0.5, 0.6) is 5.75 Å². The molecule has 9 nitrogen and oxygen atoms in total. The molecule has 0 spiro atoms. The Morgan fingerprint density at radius 2 is 1.53 bits per heavy atom. The lowest BCUT2D eigenvalue weighted by Crippen LogP contribution is -2.53. The third-order valence-electron chi connectivity index (χ3n) is 8.20. The molecule has 0 aromatic heterocycles. The number of carbonyl (C=O) groups excluding carboxylic acids is 1. The maximum Gasteiger partial charge on any atom is 0.416 e. The minimum atomic E-state index is -5.08. The maximum absolute atomic E-state index is 14.3. The number of halogens is 7. The van der Waals surface area contributed by atoms with Gasteiger partial charge in [0.1, 0.15) is 5.75 Å². The lowest BCUT2D eigenvalue weighted by Gasteiger charge is -2.30. The molecule has 4 aromatic rings. The molecule has 0 radical (unpaired) electrons. The van der Waals surface area contributed by atoms with Crippen molar-refractivity contribution in [3.8, 4) is 5.75 Å². The molecule has 5 rings (SSSR count). The summed E-state index contributed by atoms with van der Waals surface area (Å²) in [6.07, 6.45) is -11.5. The van der Waals surface area contributed by atoms with Gasteiger partial charge in [0, 0.05) is 36.0 Å². The second-order valence-electron chi connectivity index (χ2n) is 11.9. The van der Waals surface area contributed by atoms with Crippen LogP contribution in [0.4, 0.5) is 26.3 Å². The number of rotatable bonds is 14. The fourth-order valence-electron chi connectivity index (χ4n) is 5.50. The van der Waals surface area contributed by atoms with Crippen molar-refractivity contribution in [3.05, 3.63) is 129 Å². The van der Waals surface area contributed by atoms with Crippen molar-refractivity contribution in [3.63, 3.8) is 0 Å². The van der Waals surface area contributed by atoms with Gasteiger partial charge in [-0.15, -0.1) is 0 Å². The van der Waals surface area contributed by atoms with Gasteiger partial charge < -0.3 is 14.6 Å². The first-order valence-corrected chi connectivity index (χ1v) is 18.4. The zero-order valence-corrected chi connectivity index (χ0v) is 29.9. The number of alkyl halides is 6. The van der Waals surface area contributed by atoms with Crippen molar-refractivity contribution < 1.29 is 54.1 Å². The number of hydrogen-bond donors (Lipinski definition) is 3. The van der Waals surface area contributed by atoms with Crippen LogP contribution in [0.1, 0.15) is 46.8 Å². The van der Waals surface area contributed by atoms with E-state index in [1.165, 1.54) is 24.3 Å². The largest absolute Gasteiger partial charge is 0.494 e. The smallest absolute Gasteiger partial charge is 0.416 e. The standard InChI is InChI=1S/C36H32BrF6N3O6S/c37-28-11-7-24(8-12-28)31-34(15-18-53(49,50)30-5-2-1-3-6-30,45-32(52-31)25-9-13-29(14-10-25)51-17-4-16-47)33(48)46-44-22-23-19-26(35(38,39)40)21-27(20-23)36(41,42)43/h1-3,5-14,19-21,31,44,47H,4,15-18,22H2,(H,46,48)/t31-,34-/m0/s1. The lowest BCUT2D eigenvalue weighted by atomic mass is 9.85. The number of aliphatic imine (C=N–C) groups is 1. The molecular weight excluding hydrogens is 796 g/mol. The predicted molar refractivity (Wildman–Crippen MR) is 185 cm³/mol. The molecule has 17 heteroatoms. The Kier molecular flexibility index (Phi) is 12.2. The van der Waals surface area contributed by atoms with E-state index in [0.717, 1.165) is 0 Å². The highest BCUT2D eigenvalue weighted by Gasteiger charge is 2.54. The van der Waals surface area contributed by atoms with Gasteiger partial charge >= 0.3 is 12.4 Å². The number of aliphatic hydroxyl groups excluding tert-OH is 1. The average Bonchev–Trinajstić information content (AvgIpc) is 3.52. The van der Waals surface area contributed by atoms with E-state index in [1.54, 1.807) is 54.6 Å². The van der Waals surface area contributed by atoms with Crippen LogP contribution in [-0.2, 0) is 38.3 Å². The molecule has 1 heterocycles. The Labute approximate surface area is 309 Å². The molecule has 0 bridgehead atoms. The van der Waals surface area contributed by atoms with Gasteiger partial charge in [0.25, 0.3) is 5.91 Å². The van der Waals surface area contributed by atoms with Gasteiger partial charge in [-0.1, -0.05) is 46.3 Å². The van der Waals surface area contributed by atoms with Crippen LogP contribution in [0.2, 0.25) is 0 Å². The highest BCUT2D eigenvalue weighted by molar-refractivity contribution is 9.10. The second-order valence-corrected chi connectivity index (χ2v) is 15.0. The zero-order valence-electron chi connectivity index (χ0n) is 27.5. The van der Waals surface area contributed by atoms with E-state index < -0.39 is 75.1 Å². The van der Waals surface area contributed by atoms with E-state index in [1.807, 2.05) is 0 Å². The van der Waals surface area contributed by atoms with Crippen LogP contribution in [0.15, 0.2) is 111 Å². The van der Waals surface area contributed by atoms with E-state index in [0.29, 0.717) is 39.9 Å². The predicted octanol–water partition coefficient (Wildman–Crippen LogP) is 7.19. The van der Waals surface area contributed by atoms with Crippen LogP contribution >= 0.6 is 15.9 Å². The summed E-state index contributed by atoms with van der Waals surface area (Å²) in [5.74, 6) is -1.14. The fraction of sp³-hybridized carbons (Fsp3) is 0.278. The summed E-state index contributed by atoms with van der Waals surface area (Å²) in [6.45, 7) is -0.480. The first-order chi connectivity index (χ1) is 25.0. The number of hydrazine groups is 1. The molecule has 0 unspecified atom stereocenters. The summed E-state index contributed by atoms with van der Waals surface area (Å²) in [6, 6.07) is 21.6. The summed E-state index contributed by atoms with van der Waals surface area (Å²) in [5.41, 5.74) is 0.0220. The van der Waals surface area contributed by atoms with E-state index in [9.17, 15) is 39.6 Å². The van der Waals surface area contributed by atoms with Gasteiger partial charge in [0.05, 0.1) is 28.4 Å². The Morgan fingerprint density at radius 1 is 0.906 bits per heavy atom. The molecule has 2 atom stereocenters. The number of ether oxygens (including phenoxy) is 2. The Morgan fingerprint density at radius 3 is 2.11 bits per heavy atom. The minimum absolute atomic E-state index is 0.00699. The molecule has 3 N–H and O–H groups in total. The SMILES string of the molecule is O=C(NNCc1cc(C(F)(F)F)cc(C(F)(F)F)c1)[C@@]1(CCS(=O)(=O)c2ccccc2)N=C(c2ccc(OCCCO)cc2)O[C@H]1c1ccc(Br)cc1. The molecule has 282 valence electrons. The average molecular weight is 829 g/mol. The Hall–Kier alpha value is -4.45. The number of aliphatic hydroxyl groups is 1. The minimum Gasteiger partial charge on any atom is -0.494 e. The Bertz CT molecular complexity index is 2000. The molecular formula is C36H32BrF6N3O6S. The second kappa shape index (κ2) is 16.3. The summed E-state index contributed by atoms with van der Waals surface area (Å²) in [4.78, 5) is 19.0. The molecule has 0 saturated carbocycles. The zero-order chi connectivity index (χ0) is 38.4. The van der Waals surface area contributed by atoms with Crippen molar-refractivity contribution in [2.45, 2.75) is 48.3 Å². The van der Waals surface area contributed by atoms with Crippen LogP contribution in [-0.4, -0.2) is 49.8 Å². The number of amides is 1. The highest BCUT2D eigenvalue weighted by atomic mass is 79.9. The highest BCUT2D eigenvalue weighted by Crippen LogP contribution is 2.43. The quantitative estimate of drug-likeness (QED) is 0.0699. The van der Waals surface area contributed by atoms with E-state index in [-0.39, 0.29) is 30.1 Å². The van der Waals surface area contributed by atoms with Gasteiger partial charge in [-0.25, -0.2) is 18.8 Å². The van der Waals surface area contributed by atoms with E-state index in [2.05, 4.69) is 31.8 Å². The van der Waals surface area contributed by atoms with Gasteiger partial charge in [-0.2, -0.15) is 26.3 Å². The first kappa shape index (κ1) is 39.8. The molecule has 1 aliphatic heterocycles. The maximum atomic E-state index is 14.3. The van der Waals surface area contributed by atoms with Gasteiger partial charge in [-0.3, -0.25) is 10.2 Å². The molecule has 0 fully saturated rings. The third kappa shape index (κ3) is 9.76. The van der Waals surface area contributed by atoms with Gasteiger partial charge in [0.15, 0.2) is 21.5 Å². The van der Waals surface area contributed by atoms with E-state index >= 15 is 0 Å². The van der Waals surface area contributed by atoms with Crippen LogP contribution < -0.4 is 15.6 Å². The van der Waals surface area contributed by atoms with Crippen LogP contribution in [0.25, 0.3) is 0 Å². The molecule has 53 heavy (non-hydrogen) atoms. The lowest BCUT2D eigenvalue weighted by molar-refractivity contribution is -0.143. The third-order valence-corrected chi connectivity index (χ3v) is 10.5. The van der Waals surface area contributed by atoms with Crippen LogP contribution in [0, 0.1) is 0 Å². The van der Waals surface area contributed by atoms with Crippen molar-refractivity contribution in [2.24, 2.45) is 4.99 Å². The Balaban J connectivity index is 1.52. The number of nitrogens with one attached hydrogen (secondary N) is 2. The number of nitrogens with zero attached hydrogens (tertiary/aromatic N) is 1. The van der Waals surface area contributed by atoms with Crippen molar-refractivity contribution in [1.29, 1.82) is 0 Å². The number of benzene rings is 4. The molecule has 0 aliphatic carbocycles. The number of sulfone groups is 1. The summed E-state index contributed by atoms with van der Waals surface area (Å²) in [5, 5.41) is 9.04. The van der Waals surface area contributed by atoms with Gasteiger partial charge in [0.2, 0.25) is 5.90 Å². The number of carbonyl (C=O) groups is 1. The fourth-order valence-corrected chi connectivity index (χ4v) is 7.15.